The highest BCUT2D eigenvalue weighted by atomic mass is 15.1. The number of nitrogens with zero attached hydrogens (tertiary/aromatic N) is 3. The third-order valence-corrected chi connectivity index (χ3v) is 4.33. The van der Waals surface area contributed by atoms with Crippen LogP contribution in [-0.4, -0.2) is 16.2 Å². The number of hydrogen-bond acceptors (Lipinski definition) is 4. The summed E-state index contributed by atoms with van der Waals surface area (Å²) in [5.74, 6) is 0. The van der Waals surface area contributed by atoms with E-state index < -0.39 is 0 Å². The van der Waals surface area contributed by atoms with Crippen molar-refractivity contribution < 1.29 is 0 Å². The highest BCUT2D eigenvalue weighted by Crippen LogP contribution is 2.37. The minimum absolute atomic E-state index is 0.360. The molecule has 0 amide bonds. The lowest BCUT2D eigenvalue weighted by Gasteiger charge is -2.36. The lowest BCUT2D eigenvalue weighted by Crippen LogP contribution is -2.32. The Labute approximate surface area is 125 Å². The molecular weight excluding hydrogens is 260 g/mol. The largest absolute Gasteiger partial charge is 0.379 e. The quantitative estimate of drug-likeness (QED) is 0.906. The van der Waals surface area contributed by atoms with Gasteiger partial charge >= 0.3 is 0 Å². The van der Waals surface area contributed by atoms with Gasteiger partial charge in [-0.15, -0.1) is 10.2 Å². The Morgan fingerprint density at radius 3 is 2.86 bits per heavy atom. The van der Waals surface area contributed by atoms with Crippen LogP contribution in [0.25, 0.3) is 10.9 Å². The summed E-state index contributed by atoms with van der Waals surface area (Å²) in [5, 5.41) is 22.0. The Morgan fingerprint density at radius 2 is 2.10 bits per heavy atom. The number of hydrogen-bond donors (Lipinski definition) is 1. The molecule has 1 aliphatic carbocycles. The summed E-state index contributed by atoms with van der Waals surface area (Å²) in [5.41, 5.74) is 2.41. The lowest BCUT2D eigenvalue weighted by atomic mass is 9.75. The van der Waals surface area contributed by atoms with Crippen LogP contribution in [0, 0.1) is 16.7 Å². The zero-order valence-electron chi connectivity index (χ0n) is 12.6. The lowest BCUT2D eigenvalue weighted by molar-refractivity contribution is 0.229. The van der Waals surface area contributed by atoms with Crippen molar-refractivity contribution in [2.24, 2.45) is 5.41 Å². The van der Waals surface area contributed by atoms with Crippen molar-refractivity contribution in [1.29, 1.82) is 5.26 Å². The molecule has 0 radical (unpaired) electrons. The second-order valence-electron chi connectivity index (χ2n) is 6.65. The fraction of sp³-hybridized carbons (Fsp3) is 0.471. The third kappa shape index (κ3) is 2.82. The second kappa shape index (κ2) is 5.33. The average molecular weight is 280 g/mol. The van der Waals surface area contributed by atoms with E-state index in [9.17, 15) is 5.26 Å². The highest BCUT2D eigenvalue weighted by molar-refractivity contribution is 5.92. The van der Waals surface area contributed by atoms with Crippen LogP contribution in [0.5, 0.6) is 0 Å². The van der Waals surface area contributed by atoms with Crippen molar-refractivity contribution in [3.05, 3.63) is 30.0 Å². The number of benzene rings is 1. The molecule has 1 saturated carbocycles. The minimum Gasteiger partial charge on any atom is -0.379 e. The smallest absolute Gasteiger partial charge is 0.186 e. The van der Waals surface area contributed by atoms with Crippen LogP contribution in [0.2, 0.25) is 0 Å². The van der Waals surface area contributed by atoms with Crippen molar-refractivity contribution >= 4 is 16.6 Å². The van der Waals surface area contributed by atoms with E-state index in [4.69, 9.17) is 0 Å². The molecule has 4 nitrogen and oxygen atoms in total. The van der Waals surface area contributed by atoms with Gasteiger partial charge in [0.05, 0.1) is 11.2 Å². The molecule has 2 aromatic rings. The SMILES string of the molecule is CC1(C)CCCC(Nc2c(C#N)nnc3ccccc23)C1. The molecule has 21 heavy (non-hydrogen) atoms. The maximum atomic E-state index is 9.32. The van der Waals surface area contributed by atoms with E-state index in [2.05, 4.69) is 35.4 Å². The predicted molar refractivity (Wildman–Crippen MR) is 83.9 cm³/mol. The normalized spacial score (nSPS) is 20.9. The Bertz CT molecular complexity index is 699. The number of rotatable bonds is 2. The first-order valence-corrected chi connectivity index (χ1v) is 7.51. The number of nitrogens with one attached hydrogen (secondary N) is 1. The Kier molecular flexibility index (Phi) is 3.50. The minimum atomic E-state index is 0.360. The summed E-state index contributed by atoms with van der Waals surface area (Å²) >= 11 is 0. The zero-order chi connectivity index (χ0) is 14.9. The maximum absolute atomic E-state index is 9.32. The predicted octanol–water partition coefficient (Wildman–Crippen LogP) is 3.88. The first kappa shape index (κ1) is 13.8. The fourth-order valence-corrected chi connectivity index (χ4v) is 3.30. The molecule has 4 heteroatoms. The van der Waals surface area contributed by atoms with Crippen LogP contribution in [0.15, 0.2) is 24.3 Å². The zero-order valence-corrected chi connectivity index (χ0v) is 12.6. The molecule has 0 aliphatic heterocycles. The number of nitriles is 1. The fourth-order valence-electron chi connectivity index (χ4n) is 3.30. The molecule has 1 aromatic carbocycles. The average Bonchev–Trinajstić information content (AvgIpc) is 2.46. The van der Waals surface area contributed by atoms with Gasteiger partial charge in [0.2, 0.25) is 0 Å². The molecule has 1 aliphatic rings. The molecule has 108 valence electrons. The summed E-state index contributed by atoms with van der Waals surface area (Å²) in [7, 11) is 0. The molecule has 3 rings (SSSR count). The van der Waals surface area contributed by atoms with Crippen molar-refractivity contribution in [3.8, 4) is 6.07 Å². The van der Waals surface area contributed by atoms with Gasteiger partial charge in [-0.05, 0) is 30.7 Å². The Morgan fingerprint density at radius 1 is 1.29 bits per heavy atom. The molecular formula is C17H20N4. The van der Waals surface area contributed by atoms with E-state index >= 15 is 0 Å². The molecule has 1 atom stereocenters. The van der Waals surface area contributed by atoms with Gasteiger partial charge < -0.3 is 5.32 Å². The first-order valence-electron chi connectivity index (χ1n) is 7.51. The van der Waals surface area contributed by atoms with E-state index in [1.165, 1.54) is 12.8 Å². The molecule has 0 spiro atoms. The Balaban J connectivity index is 1.98. The summed E-state index contributed by atoms with van der Waals surface area (Å²) in [6.07, 6.45) is 4.76. The molecule has 1 aromatic heterocycles. The van der Waals surface area contributed by atoms with E-state index in [0.717, 1.165) is 29.4 Å². The molecule has 0 bridgehead atoms. The van der Waals surface area contributed by atoms with Crippen molar-refractivity contribution in [3.63, 3.8) is 0 Å². The second-order valence-corrected chi connectivity index (χ2v) is 6.65. The van der Waals surface area contributed by atoms with Crippen LogP contribution >= 0.6 is 0 Å². The van der Waals surface area contributed by atoms with Gasteiger partial charge in [-0.1, -0.05) is 38.5 Å². The summed E-state index contributed by atoms with van der Waals surface area (Å²) in [4.78, 5) is 0. The standard InChI is InChI=1S/C17H20N4/c1-17(2)9-5-6-12(10-17)19-16-13-7-3-4-8-14(13)20-21-15(16)11-18/h3-4,7-8,12H,5-6,9-10H2,1-2H3,(H,19,20). The molecule has 1 heterocycles. The van der Waals surface area contributed by atoms with Crippen LogP contribution in [0.4, 0.5) is 5.69 Å². The van der Waals surface area contributed by atoms with Crippen LogP contribution in [-0.2, 0) is 0 Å². The van der Waals surface area contributed by atoms with Crippen LogP contribution in [0.3, 0.4) is 0 Å². The summed E-state index contributed by atoms with van der Waals surface area (Å²) < 4.78 is 0. The van der Waals surface area contributed by atoms with Gasteiger partial charge in [0.1, 0.15) is 6.07 Å². The van der Waals surface area contributed by atoms with Crippen LogP contribution < -0.4 is 5.32 Å². The summed E-state index contributed by atoms with van der Waals surface area (Å²) in [6, 6.07) is 10.4. The van der Waals surface area contributed by atoms with Gasteiger partial charge in [0.25, 0.3) is 0 Å². The maximum Gasteiger partial charge on any atom is 0.186 e. The topological polar surface area (TPSA) is 61.6 Å². The van der Waals surface area contributed by atoms with Crippen molar-refractivity contribution in [2.75, 3.05) is 5.32 Å². The Hall–Kier alpha value is -2.15. The van der Waals surface area contributed by atoms with E-state index in [0.29, 0.717) is 17.2 Å². The molecule has 0 saturated heterocycles. The van der Waals surface area contributed by atoms with Gasteiger partial charge in [0.15, 0.2) is 5.69 Å². The number of anilines is 1. The van der Waals surface area contributed by atoms with Crippen LogP contribution in [0.1, 0.15) is 45.2 Å². The third-order valence-electron chi connectivity index (χ3n) is 4.33. The van der Waals surface area contributed by atoms with Gasteiger partial charge in [-0.3, -0.25) is 0 Å². The molecule has 1 N–H and O–H groups in total. The molecule has 1 unspecified atom stereocenters. The van der Waals surface area contributed by atoms with Gasteiger partial charge in [0, 0.05) is 11.4 Å². The van der Waals surface area contributed by atoms with Crippen molar-refractivity contribution in [2.45, 2.75) is 45.6 Å². The van der Waals surface area contributed by atoms with E-state index in [1.807, 2.05) is 24.3 Å². The van der Waals surface area contributed by atoms with Gasteiger partial charge in [-0.2, -0.15) is 5.26 Å². The number of aromatic nitrogens is 2. The monoisotopic (exact) mass is 280 g/mol. The molecule has 1 fully saturated rings. The van der Waals surface area contributed by atoms with Crippen molar-refractivity contribution in [1.82, 2.24) is 10.2 Å². The van der Waals surface area contributed by atoms with Gasteiger partial charge in [-0.25, -0.2) is 0 Å². The highest BCUT2D eigenvalue weighted by Gasteiger charge is 2.28. The summed E-state index contributed by atoms with van der Waals surface area (Å²) in [6.45, 7) is 4.63. The first-order chi connectivity index (χ1) is 10.1. The number of fused-ring (bicyclic) bond motifs is 1. The van der Waals surface area contributed by atoms with E-state index in [1.54, 1.807) is 0 Å². The van der Waals surface area contributed by atoms with E-state index in [-0.39, 0.29) is 0 Å².